The fraction of sp³-hybridized carbons (Fsp3) is 0.429. The first-order valence-corrected chi connectivity index (χ1v) is 6.29. The Kier molecular flexibility index (Phi) is 5.37. The van der Waals surface area contributed by atoms with Crippen LogP contribution in [0.15, 0.2) is 18.2 Å². The van der Waals surface area contributed by atoms with Crippen molar-refractivity contribution in [3.8, 4) is 11.5 Å². The van der Waals surface area contributed by atoms with Gasteiger partial charge in [-0.25, -0.2) is 0 Å². The van der Waals surface area contributed by atoms with Crippen LogP contribution in [0.2, 0.25) is 0 Å². The molecule has 6 heteroatoms. The van der Waals surface area contributed by atoms with Crippen LogP contribution in [0.4, 0.5) is 0 Å². The van der Waals surface area contributed by atoms with Gasteiger partial charge in [0.05, 0.1) is 19.2 Å². The van der Waals surface area contributed by atoms with Gasteiger partial charge in [-0.3, -0.25) is 9.59 Å². The molecule has 0 aliphatic carbocycles. The molecule has 1 rings (SSSR count). The number of phenols is 1. The Bertz CT molecular complexity index is 500. The number of carbonyl (C=O) groups is 2. The molecule has 1 aromatic rings. The third-order valence-electron chi connectivity index (χ3n) is 2.65. The van der Waals surface area contributed by atoms with Crippen LogP contribution in [0, 0.1) is 5.92 Å². The molecule has 0 aliphatic rings. The summed E-state index contributed by atoms with van der Waals surface area (Å²) in [5.41, 5.74) is 5.27. The minimum atomic E-state index is -0.591. The number of carbonyl (C=O) groups excluding carboxylic acids is 2. The summed E-state index contributed by atoms with van der Waals surface area (Å²) in [7, 11) is 1.47. The number of benzene rings is 1. The summed E-state index contributed by atoms with van der Waals surface area (Å²) in [5.74, 6) is -0.583. The Morgan fingerprint density at radius 2 is 2.05 bits per heavy atom. The van der Waals surface area contributed by atoms with E-state index in [4.69, 9.17) is 10.5 Å². The van der Waals surface area contributed by atoms with Crippen molar-refractivity contribution < 1.29 is 19.4 Å². The molecule has 20 heavy (non-hydrogen) atoms. The molecule has 0 heterocycles. The van der Waals surface area contributed by atoms with Gasteiger partial charge in [0.2, 0.25) is 5.91 Å². The number of methoxy groups -OCH3 is 1. The lowest BCUT2D eigenvalue weighted by atomic mass is 10.1. The predicted molar refractivity (Wildman–Crippen MR) is 74.6 cm³/mol. The van der Waals surface area contributed by atoms with Gasteiger partial charge in [-0.05, 0) is 18.1 Å². The molecule has 0 fully saturated rings. The van der Waals surface area contributed by atoms with Crippen LogP contribution >= 0.6 is 0 Å². The second-order valence-corrected chi connectivity index (χ2v) is 4.93. The molecule has 0 atom stereocenters. The highest BCUT2D eigenvalue weighted by molar-refractivity contribution is 5.98. The van der Waals surface area contributed by atoms with E-state index in [-0.39, 0.29) is 23.8 Å². The highest BCUT2D eigenvalue weighted by atomic mass is 16.5. The molecule has 3 N–H and O–H groups in total. The Hall–Kier alpha value is -2.24. The first-order chi connectivity index (χ1) is 9.35. The number of aromatic hydroxyl groups is 1. The van der Waals surface area contributed by atoms with E-state index in [1.54, 1.807) is 6.07 Å². The van der Waals surface area contributed by atoms with Crippen molar-refractivity contribution >= 4 is 11.8 Å². The highest BCUT2D eigenvalue weighted by Gasteiger charge is 2.21. The maximum absolute atomic E-state index is 12.4. The molecule has 0 aliphatic heterocycles. The summed E-state index contributed by atoms with van der Waals surface area (Å²) in [5, 5.41) is 9.87. The third-order valence-corrected chi connectivity index (χ3v) is 2.65. The average molecular weight is 280 g/mol. The lowest BCUT2D eigenvalue weighted by Gasteiger charge is -2.23. The van der Waals surface area contributed by atoms with Crippen LogP contribution in [0.1, 0.15) is 24.2 Å². The summed E-state index contributed by atoms with van der Waals surface area (Å²) < 4.78 is 4.96. The number of rotatable bonds is 6. The summed E-state index contributed by atoms with van der Waals surface area (Å²) in [6, 6.07) is 4.39. The zero-order valence-corrected chi connectivity index (χ0v) is 11.9. The van der Waals surface area contributed by atoms with Crippen molar-refractivity contribution in [2.75, 3.05) is 20.2 Å². The second-order valence-electron chi connectivity index (χ2n) is 4.93. The molecule has 0 unspecified atom stereocenters. The largest absolute Gasteiger partial charge is 0.507 e. The van der Waals surface area contributed by atoms with Crippen LogP contribution in [-0.4, -0.2) is 42.0 Å². The molecule has 0 saturated heterocycles. The van der Waals surface area contributed by atoms with Gasteiger partial charge in [-0.15, -0.1) is 0 Å². The van der Waals surface area contributed by atoms with Gasteiger partial charge >= 0.3 is 0 Å². The summed E-state index contributed by atoms with van der Waals surface area (Å²) in [4.78, 5) is 24.7. The van der Waals surface area contributed by atoms with Gasteiger partial charge < -0.3 is 20.5 Å². The molecular formula is C14H20N2O4. The molecule has 6 nitrogen and oxygen atoms in total. The fourth-order valence-corrected chi connectivity index (χ4v) is 1.84. The Morgan fingerprint density at radius 1 is 1.40 bits per heavy atom. The maximum atomic E-state index is 12.4. The van der Waals surface area contributed by atoms with Crippen molar-refractivity contribution in [1.29, 1.82) is 0 Å². The quantitative estimate of drug-likeness (QED) is 0.812. The number of amides is 2. The summed E-state index contributed by atoms with van der Waals surface area (Å²) >= 11 is 0. The van der Waals surface area contributed by atoms with Gasteiger partial charge in [-0.1, -0.05) is 13.8 Å². The molecule has 0 saturated carbocycles. The van der Waals surface area contributed by atoms with E-state index in [1.165, 1.54) is 24.1 Å². The van der Waals surface area contributed by atoms with E-state index in [9.17, 15) is 14.7 Å². The van der Waals surface area contributed by atoms with E-state index in [2.05, 4.69) is 0 Å². The zero-order valence-electron chi connectivity index (χ0n) is 11.9. The van der Waals surface area contributed by atoms with E-state index in [0.717, 1.165) is 0 Å². The molecule has 2 amide bonds. The minimum absolute atomic E-state index is 0.118. The molecule has 0 radical (unpaired) electrons. The first-order valence-electron chi connectivity index (χ1n) is 6.29. The molecule has 0 spiro atoms. The molecule has 0 aromatic heterocycles. The number of nitrogens with two attached hydrogens (primary N) is 1. The summed E-state index contributed by atoms with van der Waals surface area (Å²) in [6.45, 7) is 4.06. The normalized spacial score (nSPS) is 10.4. The Balaban J connectivity index is 3.01. The van der Waals surface area contributed by atoms with Gasteiger partial charge in [0, 0.05) is 12.6 Å². The molecular weight excluding hydrogens is 260 g/mol. The number of ether oxygens (including phenoxy) is 1. The monoisotopic (exact) mass is 280 g/mol. The van der Waals surface area contributed by atoms with Gasteiger partial charge in [0.25, 0.3) is 5.91 Å². The number of primary amides is 1. The van der Waals surface area contributed by atoms with Crippen molar-refractivity contribution in [2.24, 2.45) is 11.7 Å². The van der Waals surface area contributed by atoms with Gasteiger partial charge in [-0.2, -0.15) is 0 Å². The van der Waals surface area contributed by atoms with Crippen LogP contribution < -0.4 is 10.5 Å². The number of hydrogen-bond acceptors (Lipinski definition) is 4. The maximum Gasteiger partial charge on any atom is 0.258 e. The number of phenolic OH excluding ortho intramolecular Hbond substituents is 1. The van der Waals surface area contributed by atoms with Crippen molar-refractivity contribution in [3.63, 3.8) is 0 Å². The van der Waals surface area contributed by atoms with E-state index >= 15 is 0 Å². The van der Waals surface area contributed by atoms with Crippen LogP contribution in [0.3, 0.4) is 0 Å². The van der Waals surface area contributed by atoms with E-state index < -0.39 is 11.8 Å². The Morgan fingerprint density at radius 3 is 2.50 bits per heavy atom. The average Bonchev–Trinajstić information content (AvgIpc) is 2.35. The predicted octanol–water partition coefficient (Wildman–Crippen LogP) is 0.984. The van der Waals surface area contributed by atoms with Gasteiger partial charge in [0.15, 0.2) is 0 Å². The SMILES string of the molecule is COc1ccc(C(=O)N(CC(N)=O)CC(C)C)c(O)c1. The first kappa shape index (κ1) is 15.8. The zero-order chi connectivity index (χ0) is 15.3. The molecule has 1 aromatic carbocycles. The van der Waals surface area contributed by atoms with Crippen LogP contribution in [0.25, 0.3) is 0 Å². The van der Waals surface area contributed by atoms with E-state index in [0.29, 0.717) is 12.3 Å². The second kappa shape index (κ2) is 6.79. The van der Waals surface area contributed by atoms with Crippen LogP contribution in [0.5, 0.6) is 11.5 Å². The van der Waals surface area contributed by atoms with Crippen molar-refractivity contribution in [3.05, 3.63) is 23.8 Å². The third kappa shape index (κ3) is 4.15. The Labute approximate surface area is 118 Å². The van der Waals surface area contributed by atoms with Crippen LogP contribution in [-0.2, 0) is 4.79 Å². The summed E-state index contributed by atoms with van der Waals surface area (Å²) in [6.07, 6.45) is 0. The van der Waals surface area contributed by atoms with Crippen molar-refractivity contribution in [1.82, 2.24) is 4.90 Å². The number of nitrogens with zero attached hydrogens (tertiary/aromatic N) is 1. The smallest absolute Gasteiger partial charge is 0.258 e. The number of hydrogen-bond donors (Lipinski definition) is 2. The molecule has 0 bridgehead atoms. The van der Waals surface area contributed by atoms with Crippen molar-refractivity contribution in [2.45, 2.75) is 13.8 Å². The lowest BCUT2D eigenvalue weighted by Crippen LogP contribution is -2.40. The highest BCUT2D eigenvalue weighted by Crippen LogP contribution is 2.24. The molecule has 110 valence electrons. The minimum Gasteiger partial charge on any atom is -0.507 e. The fourth-order valence-electron chi connectivity index (χ4n) is 1.84. The van der Waals surface area contributed by atoms with E-state index in [1.807, 2.05) is 13.8 Å². The standard InChI is InChI=1S/C14H20N2O4/c1-9(2)7-16(8-13(15)18)14(19)11-5-4-10(20-3)6-12(11)17/h4-6,9,17H,7-8H2,1-3H3,(H2,15,18). The topological polar surface area (TPSA) is 92.9 Å². The van der Waals surface area contributed by atoms with Gasteiger partial charge in [0.1, 0.15) is 11.5 Å². The lowest BCUT2D eigenvalue weighted by molar-refractivity contribution is -0.118.